The molecule has 0 heterocycles. The second kappa shape index (κ2) is 7.31. The molecule has 0 fully saturated rings. The largest absolute Gasteiger partial charge is 0.491 e. The predicted molar refractivity (Wildman–Crippen MR) is 67.1 cm³/mol. The van der Waals surface area contributed by atoms with E-state index < -0.39 is 6.10 Å². The number of benzene rings is 1. The molecule has 3 N–H and O–H groups in total. The molecule has 0 saturated carbocycles. The highest BCUT2D eigenvalue weighted by molar-refractivity contribution is 5.30. The molecule has 0 radical (unpaired) electrons. The molecule has 2 unspecified atom stereocenters. The van der Waals surface area contributed by atoms with Gasteiger partial charge in [0.15, 0.2) is 0 Å². The Morgan fingerprint density at radius 1 is 1.44 bits per heavy atom. The van der Waals surface area contributed by atoms with E-state index in [4.69, 9.17) is 14.9 Å². The van der Waals surface area contributed by atoms with Gasteiger partial charge in [-0.2, -0.15) is 0 Å². The maximum Gasteiger partial charge on any atom is 0.131 e. The Balaban J connectivity index is 2.67. The van der Waals surface area contributed by atoms with Crippen LogP contribution in [-0.2, 0) is 0 Å². The summed E-state index contributed by atoms with van der Waals surface area (Å²) in [6.07, 6.45) is -0.951. The van der Waals surface area contributed by atoms with Gasteiger partial charge in [-0.1, -0.05) is 13.0 Å². The van der Waals surface area contributed by atoms with Crippen LogP contribution >= 0.6 is 0 Å². The Hall–Kier alpha value is -1.17. The van der Waals surface area contributed by atoms with Gasteiger partial charge in [-0.05, 0) is 19.5 Å². The van der Waals surface area contributed by atoms with E-state index in [9.17, 15) is 4.39 Å². The number of ether oxygens (including phenoxy) is 1. The molecule has 1 aromatic carbocycles. The molecule has 1 rings (SSSR count). The zero-order valence-corrected chi connectivity index (χ0v) is 10.7. The van der Waals surface area contributed by atoms with Crippen LogP contribution in [0.25, 0.3) is 0 Å². The molecule has 0 amide bonds. The summed E-state index contributed by atoms with van der Waals surface area (Å²) in [4.78, 5) is 0. The third kappa shape index (κ3) is 4.25. The van der Waals surface area contributed by atoms with Crippen molar-refractivity contribution < 1.29 is 19.3 Å². The summed E-state index contributed by atoms with van der Waals surface area (Å²) in [5.74, 6) is -0.00751. The normalized spacial score (nSPS) is 14.3. The van der Waals surface area contributed by atoms with Crippen LogP contribution in [0.2, 0.25) is 0 Å². The zero-order chi connectivity index (χ0) is 13.5. The summed E-state index contributed by atoms with van der Waals surface area (Å²) >= 11 is 0. The molecule has 0 aromatic heterocycles. The first-order valence-electron chi connectivity index (χ1n) is 6.03. The third-order valence-corrected chi connectivity index (χ3v) is 2.60. The first-order valence-corrected chi connectivity index (χ1v) is 6.03. The number of aliphatic hydroxyl groups is 2. The number of halogens is 1. The van der Waals surface area contributed by atoms with Crippen LogP contribution in [0.1, 0.15) is 25.5 Å². The van der Waals surface area contributed by atoms with E-state index in [1.165, 1.54) is 6.07 Å². The van der Waals surface area contributed by atoms with Crippen molar-refractivity contribution >= 4 is 0 Å². The fourth-order valence-electron chi connectivity index (χ4n) is 1.61. The molecular weight excluding hydrogens is 237 g/mol. The summed E-state index contributed by atoms with van der Waals surface area (Å²) in [7, 11) is 0. The van der Waals surface area contributed by atoms with Gasteiger partial charge in [0.2, 0.25) is 0 Å². The minimum Gasteiger partial charge on any atom is -0.491 e. The topological polar surface area (TPSA) is 61.7 Å². The highest BCUT2D eigenvalue weighted by Crippen LogP contribution is 2.21. The molecule has 0 saturated heterocycles. The summed E-state index contributed by atoms with van der Waals surface area (Å²) in [6, 6.07) is 4.53. The van der Waals surface area contributed by atoms with Gasteiger partial charge in [0, 0.05) is 17.7 Å². The van der Waals surface area contributed by atoms with Crippen molar-refractivity contribution in [3.8, 4) is 5.75 Å². The van der Waals surface area contributed by atoms with Crippen molar-refractivity contribution in [2.75, 3.05) is 19.8 Å². The summed E-state index contributed by atoms with van der Waals surface area (Å²) in [5, 5.41) is 20.9. The van der Waals surface area contributed by atoms with E-state index in [0.717, 1.165) is 6.54 Å². The number of hydrogen-bond donors (Lipinski definition) is 3. The van der Waals surface area contributed by atoms with E-state index >= 15 is 0 Å². The second-order valence-electron chi connectivity index (χ2n) is 4.11. The van der Waals surface area contributed by atoms with Crippen LogP contribution in [0.5, 0.6) is 5.75 Å². The van der Waals surface area contributed by atoms with Crippen molar-refractivity contribution in [2.24, 2.45) is 0 Å². The van der Waals surface area contributed by atoms with Crippen molar-refractivity contribution in [2.45, 2.75) is 26.0 Å². The molecule has 0 aliphatic rings. The first-order chi connectivity index (χ1) is 8.58. The van der Waals surface area contributed by atoms with Crippen molar-refractivity contribution in [3.05, 3.63) is 29.6 Å². The van der Waals surface area contributed by atoms with Gasteiger partial charge < -0.3 is 20.3 Å². The highest BCUT2D eigenvalue weighted by atomic mass is 19.1. The minimum absolute atomic E-state index is 0.0575. The second-order valence-corrected chi connectivity index (χ2v) is 4.11. The Morgan fingerprint density at radius 2 is 2.17 bits per heavy atom. The Bertz CT molecular complexity index is 373. The lowest BCUT2D eigenvalue weighted by Gasteiger charge is -2.15. The smallest absolute Gasteiger partial charge is 0.131 e. The Morgan fingerprint density at radius 3 is 2.72 bits per heavy atom. The van der Waals surface area contributed by atoms with Gasteiger partial charge in [0.05, 0.1) is 6.61 Å². The molecule has 18 heavy (non-hydrogen) atoms. The number of nitrogens with one attached hydrogen (secondary N) is 1. The van der Waals surface area contributed by atoms with Gasteiger partial charge in [-0.15, -0.1) is 0 Å². The number of hydrogen-bond acceptors (Lipinski definition) is 4. The van der Waals surface area contributed by atoms with Crippen LogP contribution in [0, 0.1) is 5.82 Å². The number of aliphatic hydroxyl groups excluding tert-OH is 2. The van der Waals surface area contributed by atoms with Gasteiger partial charge >= 0.3 is 0 Å². The molecule has 0 spiro atoms. The van der Waals surface area contributed by atoms with E-state index in [0.29, 0.717) is 11.3 Å². The van der Waals surface area contributed by atoms with E-state index in [1.54, 1.807) is 12.1 Å². The lowest BCUT2D eigenvalue weighted by Crippen LogP contribution is -2.21. The van der Waals surface area contributed by atoms with Gasteiger partial charge in [-0.25, -0.2) is 4.39 Å². The molecule has 0 aliphatic carbocycles. The predicted octanol–water partition coefficient (Wildman–Crippen LogP) is 1.23. The van der Waals surface area contributed by atoms with Gasteiger partial charge in [0.25, 0.3) is 0 Å². The molecular formula is C13H20FNO3. The van der Waals surface area contributed by atoms with Crippen LogP contribution in [0.15, 0.2) is 18.2 Å². The van der Waals surface area contributed by atoms with E-state index in [1.807, 2.05) is 13.8 Å². The molecule has 2 atom stereocenters. The number of rotatable bonds is 7. The van der Waals surface area contributed by atoms with Crippen LogP contribution in [-0.4, -0.2) is 36.1 Å². The monoisotopic (exact) mass is 257 g/mol. The third-order valence-electron chi connectivity index (χ3n) is 2.60. The van der Waals surface area contributed by atoms with E-state index in [2.05, 4.69) is 5.32 Å². The molecule has 1 aromatic rings. The van der Waals surface area contributed by atoms with Crippen molar-refractivity contribution in [1.29, 1.82) is 0 Å². The summed E-state index contributed by atoms with van der Waals surface area (Å²) < 4.78 is 19.0. The Labute approximate surface area is 106 Å². The maximum atomic E-state index is 13.8. The SMILES string of the molecule is CCNC(C)c1ccc(OCC(O)CO)cc1F. The first kappa shape index (κ1) is 14.9. The van der Waals surface area contributed by atoms with E-state index in [-0.39, 0.29) is 25.1 Å². The van der Waals surface area contributed by atoms with Crippen molar-refractivity contribution in [3.63, 3.8) is 0 Å². The van der Waals surface area contributed by atoms with Crippen molar-refractivity contribution in [1.82, 2.24) is 5.32 Å². The average Bonchev–Trinajstić information content (AvgIpc) is 2.36. The van der Waals surface area contributed by atoms with Crippen LogP contribution in [0.3, 0.4) is 0 Å². The lowest BCUT2D eigenvalue weighted by molar-refractivity contribution is 0.0535. The van der Waals surface area contributed by atoms with Crippen LogP contribution in [0.4, 0.5) is 4.39 Å². The maximum absolute atomic E-state index is 13.8. The lowest BCUT2D eigenvalue weighted by atomic mass is 10.1. The fraction of sp³-hybridized carbons (Fsp3) is 0.538. The fourth-order valence-corrected chi connectivity index (χ4v) is 1.61. The molecule has 0 aliphatic heterocycles. The zero-order valence-electron chi connectivity index (χ0n) is 10.7. The summed E-state index contributed by atoms with van der Waals surface area (Å²) in [5.41, 5.74) is 0.576. The quantitative estimate of drug-likeness (QED) is 0.687. The Kier molecular flexibility index (Phi) is 6.04. The molecule has 0 bridgehead atoms. The molecule has 5 heteroatoms. The van der Waals surface area contributed by atoms with Gasteiger partial charge in [0.1, 0.15) is 24.3 Å². The highest BCUT2D eigenvalue weighted by Gasteiger charge is 2.11. The minimum atomic E-state index is -0.951. The molecule has 102 valence electrons. The molecule has 4 nitrogen and oxygen atoms in total. The standard InChI is InChI=1S/C13H20FNO3/c1-3-15-9(2)12-5-4-11(6-13(12)14)18-8-10(17)7-16/h4-6,9-10,15-17H,3,7-8H2,1-2H3. The van der Waals surface area contributed by atoms with Gasteiger partial charge in [-0.3, -0.25) is 0 Å². The van der Waals surface area contributed by atoms with Crippen LogP contribution < -0.4 is 10.1 Å². The summed E-state index contributed by atoms with van der Waals surface area (Å²) in [6.45, 7) is 4.18. The average molecular weight is 257 g/mol.